The van der Waals surface area contributed by atoms with E-state index in [0.29, 0.717) is 23.9 Å². The SMILES string of the molecule is Cc1ccc(Oc2ccc(NC(=O)CSc3nnc(C4CC4)n3Cc3ccco3)cc2)cc1. The minimum absolute atomic E-state index is 0.104. The topological polar surface area (TPSA) is 82.2 Å². The maximum absolute atomic E-state index is 12.5. The highest BCUT2D eigenvalue weighted by Crippen LogP contribution is 2.40. The van der Waals surface area contributed by atoms with E-state index in [1.807, 2.05) is 67.6 Å². The number of hydrogen-bond acceptors (Lipinski definition) is 6. The highest BCUT2D eigenvalue weighted by molar-refractivity contribution is 7.99. The second-order valence-electron chi connectivity index (χ2n) is 8.06. The predicted molar refractivity (Wildman–Crippen MR) is 127 cm³/mol. The molecule has 33 heavy (non-hydrogen) atoms. The lowest BCUT2D eigenvalue weighted by Gasteiger charge is -2.09. The maximum atomic E-state index is 12.5. The fourth-order valence-corrected chi connectivity index (χ4v) is 4.18. The van der Waals surface area contributed by atoms with Crippen LogP contribution in [0.2, 0.25) is 0 Å². The fourth-order valence-electron chi connectivity index (χ4n) is 3.43. The van der Waals surface area contributed by atoms with Crippen molar-refractivity contribution in [3.63, 3.8) is 0 Å². The number of carbonyl (C=O) groups excluding carboxylic acids is 1. The summed E-state index contributed by atoms with van der Waals surface area (Å²) in [6.45, 7) is 2.60. The predicted octanol–water partition coefficient (Wildman–Crippen LogP) is 5.63. The lowest BCUT2D eigenvalue weighted by molar-refractivity contribution is -0.113. The van der Waals surface area contributed by atoms with Gasteiger partial charge in [0.25, 0.3) is 0 Å². The number of nitrogens with one attached hydrogen (secondary N) is 1. The molecule has 0 radical (unpaired) electrons. The van der Waals surface area contributed by atoms with Gasteiger partial charge in [-0.3, -0.25) is 9.36 Å². The van der Waals surface area contributed by atoms with Crippen molar-refractivity contribution in [1.29, 1.82) is 0 Å². The molecule has 0 aliphatic heterocycles. The molecule has 2 aromatic carbocycles. The lowest BCUT2D eigenvalue weighted by atomic mass is 10.2. The number of benzene rings is 2. The molecule has 7 nitrogen and oxygen atoms in total. The number of aryl methyl sites for hydroxylation is 1. The smallest absolute Gasteiger partial charge is 0.234 e. The van der Waals surface area contributed by atoms with Crippen LogP contribution < -0.4 is 10.1 Å². The average molecular weight is 461 g/mol. The van der Waals surface area contributed by atoms with Gasteiger partial charge in [-0.25, -0.2) is 0 Å². The van der Waals surface area contributed by atoms with Crippen molar-refractivity contribution in [2.75, 3.05) is 11.1 Å². The molecule has 2 aromatic heterocycles. The summed E-state index contributed by atoms with van der Waals surface area (Å²) >= 11 is 1.38. The molecular weight excluding hydrogens is 436 g/mol. The number of hydrogen-bond donors (Lipinski definition) is 1. The third-order valence-corrected chi connectivity index (χ3v) is 6.28. The van der Waals surface area contributed by atoms with Crippen LogP contribution in [-0.2, 0) is 11.3 Å². The van der Waals surface area contributed by atoms with E-state index in [4.69, 9.17) is 9.15 Å². The van der Waals surface area contributed by atoms with Crippen LogP contribution >= 0.6 is 11.8 Å². The molecule has 5 rings (SSSR count). The van der Waals surface area contributed by atoms with Gasteiger partial charge in [-0.15, -0.1) is 10.2 Å². The van der Waals surface area contributed by atoms with Gasteiger partial charge < -0.3 is 14.5 Å². The van der Waals surface area contributed by atoms with Crippen LogP contribution in [0.25, 0.3) is 0 Å². The van der Waals surface area contributed by atoms with Gasteiger partial charge in [-0.2, -0.15) is 0 Å². The summed E-state index contributed by atoms with van der Waals surface area (Å²) in [6, 6.07) is 19.0. The second kappa shape index (κ2) is 9.54. The molecule has 4 aromatic rings. The van der Waals surface area contributed by atoms with Crippen molar-refractivity contribution in [3.05, 3.63) is 84.1 Å². The zero-order valence-electron chi connectivity index (χ0n) is 18.2. The highest BCUT2D eigenvalue weighted by Gasteiger charge is 2.30. The maximum Gasteiger partial charge on any atom is 0.234 e. The Morgan fingerprint density at radius 2 is 1.82 bits per heavy atom. The van der Waals surface area contributed by atoms with Crippen LogP contribution in [0.5, 0.6) is 11.5 Å². The Labute approximate surface area is 196 Å². The minimum atomic E-state index is -0.104. The van der Waals surface area contributed by atoms with E-state index in [-0.39, 0.29) is 11.7 Å². The number of furan rings is 1. The Morgan fingerprint density at radius 3 is 2.48 bits per heavy atom. The van der Waals surface area contributed by atoms with Gasteiger partial charge in [0.2, 0.25) is 5.91 Å². The molecule has 1 aliphatic carbocycles. The Balaban J connectivity index is 1.17. The number of carbonyl (C=O) groups is 1. The molecule has 2 heterocycles. The molecular formula is C25H24N4O3S. The summed E-state index contributed by atoms with van der Waals surface area (Å²) in [5.41, 5.74) is 1.90. The van der Waals surface area contributed by atoms with Gasteiger partial charge in [0.05, 0.1) is 18.6 Å². The summed E-state index contributed by atoms with van der Waals surface area (Å²) in [4.78, 5) is 12.5. The molecule has 0 atom stereocenters. The number of nitrogens with zero attached hydrogens (tertiary/aromatic N) is 3. The number of thioether (sulfide) groups is 1. The van der Waals surface area contributed by atoms with Crippen molar-refractivity contribution in [3.8, 4) is 11.5 Å². The van der Waals surface area contributed by atoms with Crippen molar-refractivity contribution < 1.29 is 13.9 Å². The fraction of sp³-hybridized carbons (Fsp3) is 0.240. The third-order valence-electron chi connectivity index (χ3n) is 5.31. The lowest BCUT2D eigenvalue weighted by Crippen LogP contribution is -2.15. The van der Waals surface area contributed by atoms with Crippen LogP contribution in [0.15, 0.2) is 76.5 Å². The molecule has 0 bridgehead atoms. The van der Waals surface area contributed by atoms with Crippen LogP contribution in [0, 0.1) is 6.92 Å². The molecule has 0 spiro atoms. The monoisotopic (exact) mass is 460 g/mol. The molecule has 1 saturated carbocycles. The van der Waals surface area contributed by atoms with E-state index < -0.39 is 0 Å². The summed E-state index contributed by atoms with van der Waals surface area (Å²) in [6.07, 6.45) is 3.92. The Kier molecular flexibility index (Phi) is 6.17. The van der Waals surface area contributed by atoms with Crippen LogP contribution in [0.3, 0.4) is 0 Å². The van der Waals surface area contributed by atoms with E-state index in [1.54, 1.807) is 6.26 Å². The molecule has 168 valence electrons. The van der Waals surface area contributed by atoms with E-state index in [1.165, 1.54) is 17.3 Å². The van der Waals surface area contributed by atoms with Crippen molar-refractivity contribution in [2.45, 2.75) is 37.4 Å². The van der Waals surface area contributed by atoms with Gasteiger partial charge in [0.15, 0.2) is 5.16 Å². The van der Waals surface area contributed by atoms with E-state index in [9.17, 15) is 4.79 Å². The van der Waals surface area contributed by atoms with Gasteiger partial charge in [-0.1, -0.05) is 29.5 Å². The molecule has 1 aliphatic rings. The third kappa shape index (κ3) is 5.46. The summed E-state index contributed by atoms with van der Waals surface area (Å²) < 4.78 is 13.4. The van der Waals surface area contributed by atoms with E-state index in [2.05, 4.69) is 20.1 Å². The largest absolute Gasteiger partial charge is 0.467 e. The Bertz CT molecular complexity index is 1210. The summed E-state index contributed by atoms with van der Waals surface area (Å²) in [5.74, 6) is 3.89. The second-order valence-corrected chi connectivity index (χ2v) is 9.00. The van der Waals surface area contributed by atoms with Gasteiger partial charge in [0, 0.05) is 11.6 Å². The Hall–Kier alpha value is -3.52. The molecule has 1 amide bonds. The molecule has 1 fully saturated rings. The van der Waals surface area contributed by atoms with Crippen molar-refractivity contribution in [1.82, 2.24) is 14.8 Å². The minimum Gasteiger partial charge on any atom is -0.467 e. The first-order chi connectivity index (χ1) is 16.1. The normalized spacial score (nSPS) is 13.1. The molecule has 0 unspecified atom stereocenters. The van der Waals surface area contributed by atoms with Crippen molar-refractivity contribution in [2.24, 2.45) is 0 Å². The van der Waals surface area contributed by atoms with E-state index >= 15 is 0 Å². The van der Waals surface area contributed by atoms with E-state index in [0.717, 1.165) is 35.3 Å². The van der Waals surface area contributed by atoms with Crippen LogP contribution in [-0.4, -0.2) is 26.4 Å². The summed E-state index contributed by atoms with van der Waals surface area (Å²) in [7, 11) is 0. The zero-order valence-corrected chi connectivity index (χ0v) is 19.0. The first kappa shape index (κ1) is 21.3. The first-order valence-electron chi connectivity index (χ1n) is 10.9. The average Bonchev–Trinajstić information content (AvgIpc) is 3.38. The van der Waals surface area contributed by atoms with Gasteiger partial charge >= 0.3 is 0 Å². The number of rotatable bonds is 9. The molecule has 1 N–H and O–H groups in total. The Morgan fingerprint density at radius 1 is 1.09 bits per heavy atom. The number of ether oxygens (including phenoxy) is 1. The standard InChI is InChI=1S/C25H24N4O3S/c1-17-4-10-20(11-5-17)32-21-12-8-19(9-13-21)26-23(30)16-33-25-28-27-24(18-6-7-18)29(25)15-22-3-2-14-31-22/h2-5,8-14,18H,6-7,15-16H2,1H3,(H,26,30). The number of amides is 1. The highest BCUT2D eigenvalue weighted by atomic mass is 32.2. The van der Waals surface area contributed by atoms with Gasteiger partial charge in [-0.05, 0) is 68.3 Å². The summed E-state index contributed by atoms with van der Waals surface area (Å²) in [5, 5.41) is 12.4. The zero-order chi connectivity index (χ0) is 22.6. The number of anilines is 1. The first-order valence-corrected chi connectivity index (χ1v) is 11.9. The van der Waals surface area contributed by atoms with Crippen LogP contribution in [0.1, 0.15) is 35.9 Å². The molecule has 0 saturated heterocycles. The van der Waals surface area contributed by atoms with Crippen molar-refractivity contribution >= 4 is 23.4 Å². The number of aromatic nitrogens is 3. The molecule has 8 heteroatoms. The van der Waals surface area contributed by atoms with Gasteiger partial charge in [0.1, 0.15) is 23.1 Å². The van der Waals surface area contributed by atoms with Crippen LogP contribution in [0.4, 0.5) is 5.69 Å². The quantitative estimate of drug-likeness (QED) is 0.326.